The first-order valence-electron chi connectivity index (χ1n) is 13.5. The normalized spacial score (nSPS) is 11.2. The molecule has 0 bridgehead atoms. The van der Waals surface area contributed by atoms with Crippen LogP contribution in [-0.2, 0) is 42.8 Å². The van der Waals surface area contributed by atoms with Gasteiger partial charge in [-0.1, -0.05) is 19.4 Å². The number of aliphatic hydroxyl groups is 4. The van der Waals surface area contributed by atoms with E-state index in [1.807, 2.05) is 6.92 Å². The minimum absolute atomic E-state index is 0.122. The van der Waals surface area contributed by atoms with Gasteiger partial charge in [0, 0.05) is 7.11 Å². The molecular formula is C29H50O15. The molecule has 3 unspecified atom stereocenters. The summed E-state index contributed by atoms with van der Waals surface area (Å²) >= 11 is 0. The molecule has 3 atom stereocenters. The van der Waals surface area contributed by atoms with E-state index < -0.39 is 48.2 Å². The van der Waals surface area contributed by atoms with Crippen LogP contribution in [0.25, 0.3) is 0 Å². The Morgan fingerprint density at radius 3 is 1.34 bits per heavy atom. The van der Waals surface area contributed by atoms with Gasteiger partial charge in [-0.2, -0.15) is 0 Å². The van der Waals surface area contributed by atoms with Gasteiger partial charge >= 0.3 is 29.8 Å². The summed E-state index contributed by atoms with van der Waals surface area (Å²) in [4.78, 5) is 53.1. The molecule has 4 N–H and O–H groups in total. The lowest BCUT2D eigenvalue weighted by Gasteiger charge is -2.04. The fraction of sp³-hybridized carbons (Fsp3) is 0.621. The molecule has 0 aliphatic heterocycles. The van der Waals surface area contributed by atoms with Crippen LogP contribution in [0.1, 0.15) is 68.2 Å². The molecule has 1 rings (SSSR count). The van der Waals surface area contributed by atoms with Gasteiger partial charge in [-0.15, -0.1) is 0 Å². The van der Waals surface area contributed by atoms with Crippen LogP contribution in [0.3, 0.4) is 0 Å². The van der Waals surface area contributed by atoms with Crippen LogP contribution in [0.4, 0.5) is 0 Å². The van der Waals surface area contributed by atoms with Gasteiger partial charge in [0.15, 0.2) is 0 Å². The third-order valence-corrected chi connectivity index (χ3v) is 4.25. The highest BCUT2D eigenvalue weighted by molar-refractivity contribution is 5.95. The number of hydrogen-bond acceptors (Lipinski definition) is 15. The molecule has 0 heterocycles. The molecule has 256 valence electrons. The second kappa shape index (κ2) is 32.3. The van der Waals surface area contributed by atoms with Crippen LogP contribution in [0, 0.1) is 0 Å². The SMILES string of the molecule is CCCCOC(=O)C(C)O.CCOC(=O)C(C)O.COC(=O)C(C)O.COC(=O)c1cccc(C(=O)OC)c1.COCCO. The number of methoxy groups -OCH3 is 4. The summed E-state index contributed by atoms with van der Waals surface area (Å²) in [5.74, 6) is -2.65. The first-order chi connectivity index (χ1) is 20.6. The van der Waals surface area contributed by atoms with Gasteiger partial charge < -0.3 is 48.8 Å². The topological polar surface area (TPSA) is 222 Å². The molecule has 15 nitrogen and oxygen atoms in total. The third kappa shape index (κ3) is 29.8. The van der Waals surface area contributed by atoms with Crippen molar-refractivity contribution in [3.05, 3.63) is 35.4 Å². The zero-order chi connectivity index (χ0) is 35.1. The average Bonchev–Trinajstić information content (AvgIpc) is 3.01. The summed E-state index contributed by atoms with van der Waals surface area (Å²) < 4.78 is 26.7. The van der Waals surface area contributed by atoms with Crippen molar-refractivity contribution in [2.75, 3.05) is 54.9 Å². The molecule has 0 aliphatic rings. The Hall–Kier alpha value is -3.63. The molecule has 0 radical (unpaired) electrons. The fourth-order valence-corrected chi connectivity index (χ4v) is 1.97. The third-order valence-electron chi connectivity index (χ3n) is 4.25. The molecule has 44 heavy (non-hydrogen) atoms. The van der Waals surface area contributed by atoms with Crippen LogP contribution >= 0.6 is 0 Å². The Morgan fingerprint density at radius 1 is 0.682 bits per heavy atom. The molecule has 0 saturated carbocycles. The van der Waals surface area contributed by atoms with E-state index in [4.69, 9.17) is 20.4 Å². The molecule has 15 heteroatoms. The van der Waals surface area contributed by atoms with E-state index in [1.54, 1.807) is 32.2 Å². The van der Waals surface area contributed by atoms with Crippen molar-refractivity contribution in [3.8, 4) is 0 Å². The summed E-state index contributed by atoms with van der Waals surface area (Å²) in [5, 5.41) is 33.4. The van der Waals surface area contributed by atoms with Gasteiger partial charge in [0.25, 0.3) is 0 Å². The first kappa shape index (κ1) is 47.3. The second-order valence-electron chi connectivity index (χ2n) is 8.10. The zero-order valence-electron chi connectivity index (χ0n) is 27.1. The van der Waals surface area contributed by atoms with Crippen molar-refractivity contribution in [3.63, 3.8) is 0 Å². The van der Waals surface area contributed by atoms with Crippen LogP contribution in [0.5, 0.6) is 0 Å². The summed E-state index contributed by atoms with van der Waals surface area (Å²) in [5.41, 5.74) is 0.658. The Labute approximate surface area is 259 Å². The maximum absolute atomic E-state index is 11.1. The van der Waals surface area contributed by atoms with Gasteiger partial charge in [0.2, 0.25) is 0 Å². The zero-order valence-corrected chi connectivity index (χ0v) is 27.1. The van der Waals surface area contributed by atoms with Crippen molar-refractivity contribution in [2.24, 2.45) is 0 Å². The first-order valence-corrected chi connectivity index (χ1v) is 13.5. The minimum atomic E-state index is -0.995. The van der Waals surface area contributed by atoms with Gasteiger partial charge in [-0.25, -0.2) is 24.0 Å². The molecule has 0 amide bonds. The smallest absolute Gasteiger partial charge is 0.337 e. The number of benzene rings is 1. The summed E-state index contributed by atoms with van der Waals surface area (Å²) in [6, 6.07) is 6.16. The molecular weight excluding hydrogens is 588 g/mol. The highest BCUT2D eigenvalue weighted by Crippen LogP contribution is 2.07. The van der Waals surface area contributed by atoms with Crippen molar-refractivity contribution in [1.29, 1.82) is 0 Å². The summed E-state index contributed by atoms with van der Waals surface area (Å²) in [6.07, 6.45) is -1.12. The Balaban J connectivity index is -0.000000238. The lowest BCUT2D eigenvalue weighted by Crippen LogP contribution is -2.19. The van der Waals surface area contributed by atoms with Crippen molar-refractivity contribution >= 4 is 29.8 Å². The Kier molecular flexibility index (Phi) is 34.7. The van der Waals surface area contributed by atoms with Crippen LogP contribution in [-0.4, -0.2) is 123 Å². The molecule has 0 aliphatic carbocycles. The highest BCUT2D eigenvalue weighted by Gasteiger charge is 2.10. The predicted octanol–water partition coefficient (Wildman–Crippen LogP) is 1.07. The number of carbonyl (C=O) groups excluding carboxylic acids is 5. The highest BCUT2D eigenvalue weighted by atomic mass is 16.6. The van der Waals surface area contributed by atoms with E-state index in [1.165, 1.54) is 48.2 Å². The number of rotatable bonds is 11. The monoisotopic (exact) mass is 638 g/mol. The van der Waals surface area contributed by atoms with Crippen LogP contribution in [0.2, 0.25) is 0 Å². The number of hydrogen-bond donors (Lipinski definition) is 4. The van der Waals surface area contributed by atoms with Crippen molar-refractivity contribution in [1.82, 2.24) is 0 Å². The molecule has 0 fully saturated rings. The van der Waals surface area contributed by atoms with Gasteiger partial charge in [0.1, 0.15) is 18.3 Å². The second-order valence-corrected chi connectivity index (χ2v) is 8.10. The number of ether oxygens (including phenoxy) is 6. The molecule has 0 spiro atoms. The van der Waals surface area contributed by atoms with E-state index in [2.05, 4.69) is 28.4 Å². The van der Waals surface area contributed by atoms with E-state index in [0.717, 1.165) is 12.8 Å². The van der Waals surface area contributed by atoms with E-state index >= 15 is 0 Å². The predicted molar refractivity (Wildman–Crippen MR) is 158 cm³/mol. The van der Waals surface area contributed by atoms with Gasteiger partial charge in [-0.3, -0.25) is 0 Å². The number of esters is 5. The fourth-order valence-electron chi connectivity index (χ4n) is 1.97. The lowest BCUT2D eigenvalue weighted by atomic mass is 10.1. The number of aliphatic hydroxyl groups excluding tert-OH is 4. The lowest BCUT2D eigenvalue weighted by molar-refractivity contribution is -0.153. The van der Waals surface area contributed by atoms with Crippen LogP contribution in [0.15, 0.2) is 24.3 Å². The standard InChI is InChI=1S/C10H10O4.C7H14O3.C5H10O3.C4H8O3.C3H8O2/c1-13-9(11)7-4-3-5-8(6-7)10(12)14-2;1-3-4-5-10-7(9)6(2)8;1-3-8-5(7)4(2)6;1-3(5)4(6)7-2;1-5-3-2-4/h3-6H,1-2H3;6,8H,3-5H2,1-2H3;4,6H,3H2,1-2H3;3,5H,1-2H3;4H,2-3H2,1H3. The van der Waals surface area contributed by atoms with Gasteiger partial charge in [0.05, 0.1) is 58.9 Å². The molecule has 0 saturated heterocycles. The van der Waals surface area contributed by atoms with E-state index in [9.17, 15) is 24.0 Å². The number of unbranched alkanes of at least 4 members (excludes halogenated alkanes) is 1. The average molecular weight is 639 g/mol. The molecule has 1 aromatic carbocycles. The van der Waals surface area contributed by atoms with Crippen molar-refractivity contribution < 1.29 is 72.8 Å². The Morgan fingerprint density at radius 2 is 1.11 bits per heavy atom. The van der Waals surface area contributed by atoms with E-state index in [0.29, 0.717) is 30.9 Å². The Bertz CT molecular complexity index is 865. The summed E-state index contributed by atoms with van der Waals surface area (Å²) in [6.45, 7) is 9.13. The number of carbonyl (C=O) groups is 5. The minimum Gasteiger partial charge on any atom is -0.467 e. The maximum Gasteiger partial charge on any atom is 0.337 e. The van der Waals surface area contributed by atoms with Crippen LogP contribution < -0.4 is 0 Å². The largest absolute Gasteiger partial charge is 0.467 e. The molecule has 1 aromatic rings. The molecule has 0 aromatic heterocycles. The quantitative estimate of drug-likeness (QED) is 0.151. The van der Waals surface area contributed by atoms with E-state index in [-0.39, 0.29) is 6.61 Å². The summed E-state index contributed by atoms with van der Waals surface area (Å²) in [7, 11) is 5.35. The van der Waals surface area contributed by atoms with Crippen molar-refractivity contribution in [2.45, 2.75) is 65.8 Å². The van der Waals surface area contributed by atoms with Gasteiger partial charge in [-0.05, 0) is 52.3 Å². The maximum atomic E-state index is 11.1.